The number of carboxylic acid groups (broad SMARTS) is 1. The Balaban J connectivity index is 1.34. The normalized spacial score (nSPS) is 13.2. The lowest BCUT2D eigenvalue weighted by Gasteiger charge is -2.26. The highest BCUT2D eigenvalue weighted by molar-refractivity contribution is 5.91. The Morgan fingerprint density at radius 2 is 1.57 bits per heavy atom. The van der Waals surface area contributed by atoms with Crippen LogP contribution in [0.5, 0.6) is 17.2 Å². The Morgan fingerprint density at radius 3 is 2.25 bits per heavy atom. The monoisotopic (exact) mass is 726 g/mol. The maximum Gasteiger partial charge on any atom is 0.303 e. The minimum Gasteiger partial charge on any atom is -0.488 e. The maximum atomic E-state index is 13.9. The quantitative estimate of drug-likeness (QED) is 0.0996. The van der Waals surface area contributed by atoms with E-state index in [1.54, 1.807) is 35.2 Å². The molecule has 280 valence electrons. The van der Waals surface area contributed by atoms with Gasteiger partial charge in [0.05, 0.1) is 13.2 Å². The van der Waals surface area contributed by atoms with Crippen molar-refractivity contribution >= 4 is 23.5 Å². The highest BCUT2D eigenvalue weighted by Gasteiger charge is 2.21. The van der Waals surface area contributed by atoms with Gasteiger partial charge in [0.1, 0.15) is 29.7 Å². The second kappa shape index (κ2) is 19.4. The fourth-order valence-electron chi connectivity index (χ4n) is 5.96. The van der Waals surface area contributed by atoms with Crippen molar-refractivity contribution in [3.05, 3.63) is 107 Å². The average Bonchev–Trinajstić information content (AvgIpc) is 3.17. The molecule has 1 saturated heterocycles. The number of halogens is 1. The molecule has 0 radical (unpaired) electrons. The summed E-state index contributed by atoms with van der Waals surface area (Å²) in [6.45, 7) is 6.41. The number of amides is 2. The molecule has 0 aromatic heterocycles. The van der Waals surface area contributed by atoms with Gasteiger partial charge in [-0.1, -0.05) is 62.4 Å². The third kappa shape index (κ3) is 11.5. The minimum absolute atomic E-state index is 0.0105. The first kappa shape index (κ1) is 38.8. The van der Waals surface area contributed by atoms with Crippen LogP contribution in [0.4, 0.5) is 10.1 Å². The van der Waals surface area contributed by atoms with Crippen LogP contribution in [-0.2, 0) is 38.6 Å². The number of benzene rings is 4. The van der Waals surface area contributed by atoms with Crippen LogP contribution in [0.15, 0.2) is 84.9 Å². The van der Waals surface area contributed by atoms with Gasteiger partial charge in [-0.3, -0.25) is 14.4 Å². The van der Waals surface area contributed by atoms with Crippen molar-refractivity contribution in [2.24, 2.45) is 0 Å². The van der Waals surface area contributed by atoms with Crippen molar-refractivity contribution in [2.45, 2.75) is 71.7 Å². The number of carbonyl (C=O) groups is 3. The van der Waals surface area contributed by atoms with Gasteiger partial charge in [0, 0.05) is 62.2 Å². The molecule has 4 aromatic carbocycles. The van der Waals surface area contributed by atoms with E-state index in [2.05, 4.69) is 5.32 Å². The van der Waals surface area contributed by atoms with Crippen LogP contribution in [0.3, 0.4) is 0 Å². The SMILES string of the molecule is CCc1cc(-c2ccc(F)cc2)c(OCc2ccccc2)cc1OC(CC)Oc1cc(NC(=O)CCCC(=O)N2CCOCC2)ccc1CCC(=O)O. The first-order chi connectivity index (χ1) is 25.7. The molecule has 53 heavy (non-hydrogen) atoms. The highest BCUT2D eigenvalue weighted by atomic mass is 19.1. The summed E-state index contributed by atoms with van der Waals surface area (Å²) in [7, 11) is 0. The van der Waals surface area contributed by atoms with Crippen molar-refractivity contribution in [2.75, 3.05) is 31.6 Å². The molecular weight excluding hydrogens is 679 g/mol. The van der Waals surface area contributed by atoms with Gasteiger partial charge >= 0.3 is 5.97 Å². The summed E-state index contributed by atoms with van der Waals surface area (Å²) >= 11 is 0. The van der Waals surface area contributed by atoms with Crippen LogP contribution in [0.25, 0.3) is 11.1 Å². The molecule has 2 amide bonds. The third-order valence-corrected chi connectivity index (χ3v) is 8.90. The van der Waals surface area contributed by atoms with Crippen LogP contribution in [0.1, 0.15) is 62.6 Å². The smallest absolute Gasteiger partial charge is 0.303 e. The topological polar surface area (TPSA) is 124 Å². The lowest BCUT2D eigenvalue weighted by Crippen LogP contribution is -2.40. The predicted octanol–water partition coefficient (Wildman–Crippen LogP) is 7.81. The van der Waals surface area contributed by atoms with E-state index in [4.69, 9.17) is 18.9 Å². The van der Waals surface area contributed by atoms with Crippen LogP contribution >= 0.6 is 0 Å². The number of nitrogens with zero attached hydrogens (tertiary/aromatic N) is 1. The number of ether oxygens (including phenoxy) is 4. The zero-order valence-electron chi connectivity index (χ0n) is 30.3. The van der Waals surface area contributed by atoms with Crippen molar-refractivity contribution in [3.63, 3.8) is 0 Å². The molecule has 1 heterocycles. The number of anilines is 1. The number of rotatable bonds is 18. The Hall–Kier alpha value is -5.42. The summed E-state index contributed by atoms with van der Waals surface area (Å²) in [6.07, 6.45) is 1.24. The molecule has 1 fully saturated rings. The van der Waals surface area contributed by atoms with Gasteiger partial charge in [0.15, 0.2) is 0 Å². The summed E-state index contributed by atoms with van der Waals surface area (Å²) in [5.41, 5.74) is 4.59. The number of hydrogen-bond donors (Lipinski definition) is 2. The number of carbonyl (C=O) groups excluding carboxylic acids is 2. The molecular formula is C42H47FN2O8. The first-order valence-electron chi connectivity index (χ1n) is 18.1. The van der Waals surface area contributed by atoms with Crippen molar-refractivity contribution in [1.29, 1.82) is 0 Å². The van der Waals surface area contributed by atoms with E-state index in [-0.39, 0.29) is 43.3 Å². The second-order valence-electron chi connectivity index (χ2n) is 12.8. The number of nitrogens with one attached hydrogen (secondary N) is 1. The largest absolute Gasteiger partial charge is 0.488 e. The van der Waals surface area contributed by atoms with E-state index >= 15 is 0 Å². The van der Waals surface area contributed by atoms with E-state index in [9.17, 15) is 23.9 Å². The lowest BCUT2D eigenvalue weighted by molar-refractivity contribution is -0.137. The Kier molecular flexibility index (Phi) is 14.2. The molecule has 2 N–H and O–H groups in total. The first-order valence-corrected chi connectivity index (χ1v) is 18.1. The zero-order chi connectivity index (χ0) is 37.6. The summed E-state index contributed by atoms with van der Waals surface area (Å²) in [4.78, 5) is 38.6. The van der Waals surface area contributed by atoms with E-state index in [0.29, 0.717) is 80.7 Å². The van der Waals surface area contributed by atoms with Crippen molar-refractivity contribution < 1.29 is 42.8 Å². The molecule has 1 aliphatic rings. The summed E-state index contributed by atoms with van der Waals surface area (Å²) < 4.78 is 38.4. The van der Waals surface area contributed by atoms with E-state index in [1.807, 2.05) is 56.3 Å². The summed E-state index contributed by atoms with van der Waals surface area (Å²) in [6, 6.07) is 25.0. The standard InChI is InChI=1S/C42H47FN2O8/c1-3-30-25-35(31-13-17-33(43)18-14-31)38(51-28-29-9-6-5-7-10-29)27-37(30)53-42(4-2)52-36-26-34(19-15-32(36)16-20-41(48)49)44-39(46)11-8-12-40(47)45-21-23-50-24-22-45/h5-7,9-10,13-15,17-19,25-27,42H,3-4,8,11-12,16,20-24,28H2,1-2H3,(H,44,46)(H,48,49). The Bertz CT molecular complexity index is 1830. The van der Waals surface area contributed by atoms with Crippen molar-refractivity contribution in [3.8, 4) is 28.4 Å². The van der Waals surface area contributed by atoms with E-state index in [1.165, 1.54) is 12.1 Å². The highest BCUT2D eigenvalue weighted by Crippen LogP contribution is 2.38. The predicted molar refractivity (Wildman–Crippen MR) is 200 cm³/mol. The molecule has 0 aliphatic carbocycles. The van der Waals surface area contributed by atoms with Gasteiger partial charge in [-0.15, -0.1) is 0 Å². The van der Waals surface area contributed by atoms with Gasteiger partial charge in [-0.05, 0) is 65.8 Å². The minimum atomic E-state index is -0.944. The van der Waals surface area contributed by atoms with E-state index < -0.39 is 12.3 Å². The van der Waals surface area contributed by atoms with Gasteiger partial charge in [0.2, 0.25) is 18.1 Å². The fourth-order valence-corrected chi connectivity index (χ4v) is 5.96. The maximum absolute atomic E-state index is 13.9. The van der Waals surface area contributed by atoms with E-state index in [0.717, 1.165) is 22.3 Å². The van der Waals surface area contributed by atoms with Crippen LogP contribution in [0.2, 0.25) is 0 Å². The molecule has 0 saturated carbocycles. The molecule has 10 nitrogen and oxygen atoms in total. The Labute approximate surface area is 309 Å². The second-order valence-corrected chi connectivity index (χ2v) is 12.8. The summed E-state index contributed by atoms with van der Waals surface area (Å²) in [5, 5.41) is 12.3. The third-order valence-electron chi connectivity index (χ3n) is 8.90. The molecule has 1 aliphatic heterocycles. The molecule has 11 heteroatoms. The fraction of sp³-hybridized carbons (Fsp3) is 0.357. The summed E-state index contributed by atoms with van der Waals surface area (Å²) in [5.74, 6) is -0.0144. The number of aryl methyl sites for hydroxylation is 2. The number of hydrogen-bond acceptors (Lipinski definition) is 7. The van der Waals surface area contributed by atoms with Gasteiger partial charge in [0.25, 0.3) is 0 Å². The van der Waals surface area contributed by atoms with Gasteiger partial charge in [-0.25, -0.2) is 4.39 Å². The number of morpholine rings is 1. The van der Waals surface area contributed by atoms with Gasteiger partial charge in [-0.2, -0.15) is 0 Å². The molecule has 0 spiro atoms. The lowest BCUT2D eigenvalue weighted by atomic mass is 9.99. The zero-order valence-corrected chi connectivity index (χ0v) is 30.3. The molecule has 5 rings (SSSR count). The Morgan fingerprint density at radius 1 is 0.849 bits per heavy atom. The van der Waals surface area contributed by atoms with Crippen molar-refractivity contribution in [1.82, 2.24) is 4.90 Å². The molecule has 1 unspecified atom stereocenters. The molecule has 0 bridgehead atoms. The molecule has 4 aromatic rings. The van der Waals surface area contributed by atoms with Crippen LogP contribution in [0, 0.1) is 5.82 Å². The number of aliphatic carboxylic acids is 1. The van der Waals surface area contributed by atoms with Crippen LogP contribution < -0.4 is 19.5 Å². The van der Waals surface area contributed by atoms with Crippen LogP contribution in [-0.4, -0.2) is 60.4 Å². The number of carboxylic acids is 1. The van der Waals surface area contributed by atoms with Gasteiger partial charge < -0.3 is 34.3 Å². The molecule has 1 atom stereocenters. The average molecular weight is 727 g/mol.